The van der Waals surface area contributed by atoms with E-state index in [2.05, 4.69) is 10.6 Å². The van der Waals surface area contributed by atoms with Crippen LogP contribution in [0.3, 0.4) is 0 Å². The van der Waals surface area contributed by atoms with Crippen molar-refractivity contribution in [3.8, 4) is 0 Å². The molecule has 2 heterocycles. The molecule has 2 rings (SSSR count). The molecule has 0 radical (unpaired) electrons. The molecular weight excluding hydrogens is 270 g/mol. The second-order valence-corrected chi connectivity index (χ2v) is 6.55. The number of halogens is 2. The molecule has 6 heteroatoms. The zero-order valence-corrected chi connectivity index (χ0v) is 12.0. The Morgan fingerprint density at radius 2 is 2.26 bits per heavy atom. The Kier molecular flexibility index (Phi) is 3.92. The first-order valence-electron chi connectivity index (χ1n) is 6.27. The molecule has 1 aromatic heterocycles. The van der Waals surface area contributed by atoms with Crippen LogP contribution >= 0.6 is 11.3 Å². The van der Waals surface area contributed by atoms with Crippen molar-refractivity contribution < 1.29 is 13.6 Å². The molecule has 2 N–H and O–H groups in total. The van der Waals surface area contributed by atoms with Gasteiger partial charge in [-0.05, 0) is 32.4 Å². The highest BCUT2D eigenvalue weighted by Gasteiger charge is 2.42. The molecule has 2 atom stereocenters. The summed E-state index contributed by atoms with van der Waals surface area (Å²) in [6.45, 7) is 5.46. The van der Waals surface area contributed by atoms with Crippen molar-refractivity contribution in [1.82, 2.24) is 10.6 Å². The number of amides is 1. The molecule has 2 unspecified atom stereocenters. The fourth-order valence-electron chi connectivity index (χ4n) is 2.37. The number of carbonyl (C=O) groups is 1. The number of carbonyl (C=O) groups excluding carboxylic acids is 1. The molecule has 19 heavy (non-hydrogen) atoms. The summed E-state index contributed by atoms with van der Waals surface area (Å²) >= 11 is 1.67. The van der Waals surface area contributed by atoms with Gasteiger partial charge in [0.15, 0.2) is 0 Å². The second-order valence-electron chi connectivity index (χ2n) is 5.09. The fraction of sp³-hybridized carbons (Fsp3) is 0.615. The van der Waals surface area contributed by atoms with Crippen molar-refractivity contribution >= 4 is 17.2 Å². The number of hydrogen-bond acceptors (Lipinski definition) is 3. The molecule has 0 bridgehead atoms. The fourth-order valence-corrected chi connectivity index (χ4v) is 3.40. The topological polar surface area (TPSA) is 41.1 Å². The highest BCUT2D eigenvalue weighted by Crippen LogP contribution is 2.28. The Labute approximate surface area is 115 Å². The number of hydrogen-bond donors (Lipinski definition) is 2. The van der Waals surface area contributed by atoms with Gasteiger partial charge in [0.25, 0.3) is 5.92 Å². The van der Waals surface area contributed by atoms with E-state index >= 15 is 0 Å². The van der Waals surface area contributed by atoms with Crippen LogP contribution in [-0.4, -0.2) is 24.4 Å². The standard InChI is InChI=1S/C13H18F2N2OS/c1-7-4-10(9(3)19-7)8(2)17-12(18)11-5-13(14,15)6-16-11/h4,8,11,16H,5-6H2,1-3H3,(H,17,18). The van der Waals surface area contributed by atoms with Crippen LogP contribution in [0.25, 0.3) is 0 Å². The monoisotopic (exact) mass is 288 g/mol. The normalized spacial score (nSPS) is 23.3. The van der Waals surface area contributed by atoms with E-state index in [9.17, 15) is 13.6 Å². The summed E-state index contributed by atoms with van der Waals surface area (Å²) < 4.78 is 26.1. The predicted octanol–water partition coefficient (Wildman–Crippen LogP) is 2.54. The number of thiophene rings is 1. The van der Waals surface area contributed by atoms with Crippen LogP contribution in [0.1, 0.15) is 34.7 Å². The SMILES string of the molecule is Cc1cc(C(C)NC(=O)C2CC(F)(F)CN2)c(C)s1. The maximum atomic E-state index is 13.0. The van der Waals surface area contributed by atoms with Crippen molar-refractivity contribution in [1.29, 1.82) is 0 Å². The molecule has 1 saturated heterocycles. The minimum absolute atomic E-state index is 0.159. The Morgan fingerprint density at radius 3 is 2.74 bits per heavy atom. The molecule has 1 aliphatic rings. The molecule has 1 fully saturated rings. The third-order valence-corrected chi connectivity index (χ3v) is 4.31. The molecule has 0 spiro atoms. The van der Waals surface area contributed by atoms with Crippen LogP contribution in [-0.2, 0) is 4.79 Å². The quantitative estimate of drug-likeness (QED) is 0.897. The minimum Gasteiger partial charge on any atom is -0.348 e. The van der Waals surface area contributed by atoms with Crippen molar-refractivity contribution in [2.24, 2.45) is 0 Å². The highest BCUT2D eigenvalue weighted by atomic mass is 32.1. The van der Waals surface area contributed by atoms with Gasteiger partial charge in [-0.15, -0.1) is 11.3 Å². The van der Waals surface area contributed by atoms with E-state index < -0.39 is 24.9 Å². The first-order chi connectivity index (χ1) is 8.78. The van der Waals surface area contributed by atoms with Gasteiger partial charge in [0, 0.05) is 16.2 Å². The van der Waals surface area contributed by atoms with E-state index in [1.165, 1.54) is 4.88 Å². The largest absolute Gasteiger partial charge is 0.348 e. The van der Waals surface area contributed by atoms with Gasteiger partial charge < -0.3 is 5.32 Å². The lowest BCUT2D eigenvalue weighted by Gasteiger charge is -2.17. The van der Waals surface area contributed by atoms with E-state index in [1.54, 1.807) is 11.3 Å². The molecular formula is C13H18F2N2OS. The Balaban J connectivity index is 1.98. The molecule has 0 aromatic carbocycles. The van der Waals surface area contributed by atoms with Gasteiger partial charge in [0.05, 0.1) is 18.6 Å². The van der Waals surface area contributed by atoms with Crippen molar-refractivity contribution in [3.05, 3.63) is 21.4 Å². The van der Waals surface area contributed by atoms with Gasteiger partial charge >= 0.3 is 0 Å². The first-order valence-corrected chi connectivity index (χ1v) is 7.09. The lowest BCUT2D eigenvalue weighted by atomic mass is 10.1. The Morgan fingerprint density at radius 1 is 1.58 bits per heavy atom. The van der Waals surface area contributed by atoms with Crippen LogP contribution in [0, 0.1) is 13.8 Å². The summed E-state index contributed by atoms with van der Waals surface area (Å²) in [5.41, 5.74) is 1.06. The molecule has 1 aromatic rings. The van der Waals surface area contributed by atoms with Crippen molar-refractivity contribution in [3.63, 3.8) is 0 Å². The summed E-state index contributed by atoms with van der Waals surface area (Å²) in [5, 5.41) is 5.37. The number of nitrogens with one attached hydrogen (secondary N) is 2. The molecule has 106 valence electrons. The third-order valence-electron chi connectivity index (χ3n) is 3.33. The van der Waals surface area contributed by atoms with Crippen LogP contribution < -0.4 is 10.6 Å². The third kappa shape index (κ3) is 3.30. The van der Waals surface area contributed by atoms with Gasteiger partial charge in [-0.25, -0.2) is 8.78 Å². The Bertz CT molecular complexity index is 487. The maximum absolute atomic E-state index is 13.0. The van der Waals surface area contributed by atoms with Gasteiger partial charge in [-0.1, -0.05) is 0 Å². The van der Waals surface area contributed by atoms with Crippen molar-refractivity contribution in [2.75, 3.05) is 6.54 Å². The zero-order valence-electron chi connectivity index (χ0n) is 11.2. The number of alkyl halides is 2. The molecule has 1 aliphatic heterocycles. The number of rotatable bonds is 3. The van der Waals surface area contributed by atoms with Crippen LogP contribution in [0.2, 0.25) is 0 Å². The van der Waals surface area contributed by atoms with E-state index in [0.717, 1.165) is 10.4 Å². The molecule has 0 aliphatic carbocycles. The van der Waals surface area contributed by atoms with E-state index in [0.29, 0.717) is 0 Å². The zero-order chi connectivity index (χ0) is 14.2. The average molecular weight is 288 g/mol. The smallest absolute Gasteiger partial charge is 0.262 e. The summed E-state index contributed by atoms with van der Waals surface area (Å²) in [6, 6.07) is 1.08. The Hall–Kier alpha value is -1.01. The minimum atomic E-state index is -2.78. The highest BCUT2D eigenvalue weighted by molar-refractivity contribution is 7.12. The van der Waals surface area contributed by atoms with Gasteiger partial charge in [0.1, 0.15) is 0 Å². The number of aryl methyl sites for hydroxylation is 2. The van der Waals surface area contributed by atoms with Crippen LogP contribution in [0.4, 0.5) is 8.78 Å². The summed E-state index contributed by atoms with van der Waals surface area (Å²) in [4.78, 5) is 14.3. The van der Waals surface area contributed by atoms with Crippen molar-refractivity contribution in [2.45, 2.75) is 45.2 Å². The summed E-state index contributed by atoms with van der Waals surface area (Å²) in [7, 11) is 0. The van der Waals surface area contributed by atoms with Crippen LogP contribution in [0.5, 0.6) is 0 Å². The predicted molar refractivity (Wildman–Crippen MR) is 71.7 cm³/mol. The van der Waals surface area contributed by atoms with E-state index in [1.807, 2.05) is 26.8 Å². The summed E-state index contributed by atoms with van der Waals surface area (Å²) in [5.74, 6) is -3.13. The molecule has 1 amide bonds. The molecule has 3 nitrogen and oxygen atoms in total. The van der Waals surface area contributed by atoms with Crippen LogP contribution in [0.15, 0.2) is 6.07 Å². The van der Waals surface area contributed by atoms with Gasteiger partial charge in [-0.3, -0.25) is 10.1 Å². The average Bonchev–Trinajstić information content (AvgIpc) is 2.81. The molecule has 0 saturated carbocycles. The maximum Gasteiger partial charge on any atom is 0.262 e. The van der Waals surface area contributed by atoms with Gasteiger partial charge in [0.2, 0.25) is 5.91 Å². The van der Waals surface area contributed by atoms with Gasteiger partial charge in [-0.2, -0.15) is 0 Å². The van der Waals surface area contributed by atoms with E-state index in [-0.39, 0.29) is 11.9 Å². The first kappa shape index (κ1) is 14.4. The second kappa shape index (κ2) is 5.17. The van der Waals surface area contributed by atoms with E-state index in [4.69, 9.17) is 0 Å². The summed E-state index contributed by atoms with van der Waals surface area (Å²) in [6.07, 6.45) is -0.423. The lowest BCUT2D eigenvalue weighted by molar-refractivity contribution is -0.124. The lowest BCUT2D eigenvalue weighted by Crippen LogP contribution is -2.41.